The Morgan fingerprint density at radius 1 is 1.10 bits per heavy atom. The predicted molar refractivity (Wildman–Crippen MR) is 78.5 cm³/mol. The quantitative estimate of drug-likeness (QED) is 0.753. The third kappa shape index (κ3) is 3.29. The number of anilines is 1. The summed E-state index contributed by atoms with van der Waals surface area (Å²) in [6, 6.07) is 6.19. The molecular weight excluding hydrogens is 375 g/mol. The van der Waals surface area contributed by atoms with Crippen LogP contribution in [0.4, 0.5) is 14.5 Å². The molecule has 0 saturated heterocycles. The number of rotatable bonds is 2. The van der Waals surface area contributed by atoms with Crippen molar-refractivity contribution in [2.45, 2.75) is 0 Å². The van der Waals surface area contributed by atoms with E-state index < -0.39 is 17.5 Å². The molecule has 2 nitrogen and oxygen atoms in total. The van der Waals surface area contributed by atoms with Crippen LogP contribution in [0.15, 0.2) is 34.8 Å². The number of halogens is 5. The van der Waals surface area contributed by atoms with Crippen LogP contribution in [0.25, 0.3) is 0 Å². The summed E-state index contributed by atoms with van der Waals surface area (Å²) in [7, 11) is 0. The zero-order valence-corrected chi connectivity index (χ0v) is 12.8. The van der Waals surface area contributed by atoms with Crippen LogP contribution < -0.4 is 5.32 Å². The van der Waals surface area contributed by atoms with Gasteiger partial charge in [-0.2, -0.15) is 0 Å². The fourth-order valence-electron chi connectivity index (χ4n) is 1.51. The highest BCUT2D eigenvalue weighted by Gasteiger charge is 2.16. The summed E-state index contributed by atoms with van der Waals surface area (Å²) in [6.07, 6.45) is 0. The van der Waals surface area contributed by atoms with Gasteiger partial charge in [-0.15, -0.1) is 0 Å². The van der Waals surface area contributed by atoms with Crippen LogP contribution in [0, 0.1) is 11.6 Å². The van der Waals surface area contributed by atoms with Crippen molar-refractivity contribution in [1.29, 1.82) is 0 Å². The van der Waals surface area contributed by atoms with Crippen LogP contribution in [0.1, 0.15) is 10.4 Å². The summed E-state index contributed by atoms with van der Waals surface area (Å²) < 4.78 is 27.1. The van der Waals surface area contributed by atoms with E-state index in [1.807, 2.05) is 0 Å². The van der Waals surface area contributed by atoms with Gasteiger partial charge in [-0.3, -0.25) is 4.79 Å². The lowest BCUT2D eigenvalue weighted by molar-refractivity contribution is 0.102. The van der Waals surface area contributed by atoms with Gasteiger partial charge in [0.15, 0.2) is 5.82 Å². The van der Waals surface area contributed by atoms with Crippen molar-refractivity contribution >= 4 is 50.7 Å². The third-order valence-corrected chi connectivity index (χ3v) is 3.54. The molecule has 0 unspecified atom stereocenters. The Hall–Kier alpha value is -1.17. The Morgan fingerprint density at radius 3 is 2.45 bits per heavy atom. The minimum Gasteiger partial charge on any atom is -0.318 e. The highest BCUT2D eigenvalue weighted by atomic mass is 79.9. The second-order valence-corrected chi connectivity index (χ2v) is 5.55. The number of hydrogen-bond donors (Lipinski definition) is 1. The molecule has 7 heteroatoms. The average Bonchev–Trinajstić information content (AvgIpc) is 2.36. The molecule has 0 aliphatic rings. The van der Waals surface area contributed by atoms with Gasteiger partial charge < -0.3 is 5.32 Å². The molecule has 0 aliphatic heterocycles. The van der Waals surface area contributed by atoms with Gasteiger partial charge in [-0.25, -0.2) is 8.78 Å². The molecular formula is C13H6BrCl2F2NO. The van der Waals surface area contributed by atoms with E-state index in [1.165, 1.54) is 12.1 Å². The van der Waals surface area contributed by atoms with Crippen molar-refractivity contribution in [3.8, 4) is 0 Å². The van der Waals surface area contributed by atoms with Crippen molar-refractivity contribution in [2.75, 3.05) is 5.32 Å². The van der Waals surface area contributed by atoms with Crippen LogP contribution >= 0.6 is 39.1 Å². The highest BCUT2D eigenvalue weighted by Crippen LogP contribution is 2.28. The van der Waals surface area contributed by atoms with Crippen LogP contribution in [-0.2, 0) is 0 Å². The molecule has 0 bridgehead atoms. The van der Waals surface area contributed by atoms with Crippen LogP contribution in [-0.4, -0.2) is 5.91 Å². The van der Waals surface area contributed by atoms with Crippen molar-refractivity contribution in [2.24, 2.45) is 0 Å². The van der Waals surface area contributed by atoms with Gasteiger partial charge in [-0.05, 0) is 24.3 Å². The molecule has 0 heterocycles. The summed E-state index contributed by atoms with van der Waals surface area (Å²) in [5.41, 5.74) is -0.157. The molecule has 1 amide bonds. The molecule has 1 N–H and O–H groups in total. The second kappa shape index (κ2) is 6.08. The first-order valence-corrected chi connectivity index (χ1v) is 6.84. The lowest BCUT2D eigenvalue weighted by Gasteiger charge is -2.10. The molecule has 2 aromatic rings. The lowest BCUT2D eigenvalue weighted by Crippen LogP contribution is -2.14. The maximum Gasteiger partial charge on any atom is 0.257 e. The molecule has 0 saturated carbocycles. The van der Waals surface area contributed by atoms with Crippen molar-refractivity contribution in [3.63, 3.8) is 0 Å². The Kier molecular flexibility index (Phi) is 4.62. The Bertz CT molecular complexity index is 671. The molecule has 0 atom stereocenters. The van der Waals surface area contributed by atoms with Gasteiger partial charge in [0.25, 0.3) is 5.91 Å². The van der Waals surface area contributed by atoms with Gasteiger partial charge >= 0.3 is 0 Å². The van der Waals surface area contributed by atoms with E-state index >= 15 is 0 Å². The normalized spacial score (nSPS) is 10.4. The van der Waals surface area contributed by atoms with Crippen molar-refractivity contribution in [3.05, 3.63) is 62.0 Å². The molecule has 0 radical (unpaired) electrons. The largest absolute Gasteiger partial charge is 0.318 e. The van der Waals surface area contributed by atoms with E-state index in [2.05, 4.69) is 21.2 Å². The molecule has 0 aromatic heterocycles. The minimum absolute atomic E-state index is 0.140. The number of carbonyl (C=O) groups is 1. The van der Waals surface area contributed by atoms with Gasteiger partial charge in [0.2, 0.25) is 0 Å². The Labute approximate surface area is 131 Å². The zero-order chi connectivity index (χ0) is 14.9. The molecule has 0 fully saturated rings. The van der Waals surface area contributed by atoms with Gasteiger partial charge in [0.1, 0.15) is 5.82 Å². The predicted octanol–water partition coefficient (Wildman–Crippen LogP) is 5.29. The first-order chi connectivity index (χ1) is 9.38. The summed E-state index contributed by atoms with van der Waals surface area (Å²) in [6.45, 7) is 0. The summed E-state index contributed by atoms with van der Waals surface area (Å²) in [4.78, 5) is 12.0. The SMILES string of the molecule is O=C(Nc1c(F)cc(F)cc1Cl)c1cc(Br)ccc1Cl. The zero-order valence-electron chi connectivity index (χ0n) is 9.68. The summed E-state index contributed by atoms with van der Waals surface area (Å²) in [5, 5.41) is 2.24. The Morgan fingerprint density at radius 2 is 1.80 bits per heavy atom. The molecule has 104 valence electrons. The number of carbonyl (C=O) groups excluding carboxylic acids is 1. The van der Waals surface area contributed by atoms with E-state index in [4.69, 9.17) is 23.2 Å². The monoisotopic (exact) mass is 379 g/mol. The van der Waals surface area contributed by atoms with Gasteiger partial charge in [-0.1, -0.05) is 39.1 Å². The number of hydrogen-bond acceptors (Lipinski definition) is 1. The minimum atomic E-state index is -0.963. The first kappa shape index (κ1) is 15.2. The van der Waals surface area contributed by atoms with Gasteiger partial charge in [0, 0.05) is 10.5 Å². The second-order valence-electron chi connectivity index (χ2n) is 3.82. The van der Waals surface area contributed by atoms with E-state index in [0.29, 0.717) is 10.5 Å². The molecule has 0 spiro atoms. The van der Waals surface area contributed by atoms with Crippen LogP contribution in [0.3, 0.4) is 0 Å². The average molecular weight is 381 g/mol. The number of nitrogens with one attached hydrogen (secondary N) is 1. The standard InChI is InChI=1S/C13H6BrCl2F2NO/c14-6-1-2-9(15)8(3-6)13(20)19-12-10(16)4-7(17)5-11(12)18/h1-5H,(H,19,20). The smallest absolute Gasteiger partial charge is 0.257 e. The van der Waals surface area contributed by atoms with Crippen LogP contribution in [0.5, 0.6) is 0 Å². The summed E-state index contributed by atoms with van der Waals surface area (Å²) >= 11 is 14.8. The Balaban J connectivity index is 2.35. The first-order valence-electron chi connectivity index (χ1n) is 5.29. The number of amides is 1. The maximum atomic E-state index is 13.6. The fraction of sp³-hybridized carbons (Fsp3) is 0. The molecule has 0 aliphatic carbocycles. The van der Waals surface area contributed by atoms with Crippen molar-refractivity contribution < 1.29 is 13.6 Å². The number of benzene rings is 2. The maximum absolute atomic E-state index is 13.6. The van der Waals surface area contributed by atoms with Gasteiger partial charge in [0.05, 0.1) is 21.3 Å². The van der Waals surface area contributed by atoms with E-state index in [0.717, 1.165) is 6.07 Å². The van der Waals surface area contributed by atoms with E-state index in [1.54, 1.807) is 6.07 Å². The van der Waals surface area contributed by atoms with Crippen LogP contribution in [0.2, 0.25) is 10.0 Å². The topological polar surface area (TPSA) is 29.1 Å². The van der Waals surface area contributed by atoms with Crippen molar-refractivity contribution in [1.82, 2.24) is 0 Å². The molecule has 20 heavy (non-hydrogen) atoms. The van der Waals surface area contributed by atoms with E-state index in [9.17, 15) is 13.6 Å². The summed E-state index contributed by atoms with van der Waals surface area (Å²) in [5.74, 6) is -2.44. The highest BCUT2D eigenvalue weighted by molar-refractivity contribution is 9.10. The molecule has 2 rings (SSSR count). The third-order valence-electron chi connectivity index (χ3n) is 2.42. The van der Waals surface area contributed by atoms with E-state index in [-0.39, 0.29) is 21.3 Å². The lowest BCUT2D eigenvalue weighted by atomic mass is 10.2. The molecule has 2 aromatic carbocycles. The fourth-order valence-corrected chi connectivity index (χ4v) is 2.32.